The standard InChI is InChI=1S/C17H27NO3S/c1-5-18(15-9-7-6-8-10-15)22(19,20)17-12-13(2)16(21-4)11-14(17)3/h11-12,15H,5-10H2,1-4H3. The average Bonchev–Trinajstić information content (AvgIpc) is 2.50. The van der Waals surface area contributed by atoms with Crippen LogP contribution in [0.3, 0.4) is 0 Å². The molecule has 0 aliphatic heterocycles. The molecule has 5 heteroatoms. The van der Waals surface area contributed by atoms with E-state index in [1.807, 2.05) is 26.8 Å². The zero-order chi connectivity index (χ0) is 16.3. The summed E-state index contributed by atoms with van der Waals surface area (Å²) in [5.74, 6) is 0.733. The lowest BCUT2D eigenvalue weighted by atomic mass is 9.95. The number of sulfonamides is 1. The van der Waals surface area contributed by atoms with Gasteiger partial charge in [0.15, 0.2) is 0 Å². The van der Waals surface area contributed by atoms with Gasteiger partial charge in [-0.25, -0.2) is 8.42 Å². The Morgan fingerprint density at radius 1 is 1.14 bits per heavy atom. The van der Waals surface area contributed by atoms with E-state index in [-0.39, 0.29) is 6.04 Å². The largest absolute Gasteiger partial charge is 0.496 e. The SMILES string of the molecule is CCN(C1CCCCC1)S(=O)(=O)c1cc(C)c(OC)cc1C. The van der Waals surface area contributed by atoms with Crippen LogP contribution in [0.2, 0.25) is 0 Å². The van der Waals surface area contributed by atoms with Crippen LogP contribution in [0.15, 0.2) is 17.0 Å². The summed E-state index contributed by atoms with van der Waals surface area (Å²) in [4.78, 5) is 0.415. The topological polar surface area (TPSA) is 46.6 Å². The Labute approximate surface area is 134 Å². The predicted octanol–water partition coefficient (Wildman–Crippen LogP) is 3.66. The quantitative estimate of drug-likeness (QED) is 0.830. The van der Waals surface area contributed by atoms with Crippen molar-refractivity contribution in [2.75, 3.05) is 13.7 Å². The first-order valence-electron chi connectivity index (χ1n) is 8.09. The first kappa shape index (κ1) is 17.3. The van der Waals surface area contributed by atoms with Crippen molar-refractivity contribution < 1.29 is 13.2 Å². The van der Waals surface area contributed by atoms with Gasteiger partial charge >= 0.3 is 0 Å². The maximum Gasteiger partial charge on any atom is 0.243 e. The Balaban J connectivity index is 2.41. The van der Waals surface area contributed by atoms with Gasteiger partial charge in [-0.05, 0) is 49.9 Å². The highest BCUT2D eigenvalue weighted by molar-refractivity contribution is 7.89. The van der Waals surface area contributed by atoms with Gasteiger partial charge in [0, 0.05) is 12.6 Å². The van der Waals surface area contributed by atoms with Crippen LogP contribution in [-0.2, 0) is 10.0 Å². The summed E-state index contributed by atoms with van der Waals surface area (Å²) in [6.45, 7) is 6.17. The van der Waals surface area contributed by atoms with Gasteiger partial charge in [-0.2, -0.15) is 4.31 Å². The molecule has 0 heterocycles. The molecule has 4 nitrogen and oxygen atoms in total. The van der Waals surface area contributed by atoms with Gasteiger partial charge in [-0.15, -0.1) is 0 Å². The van der Waals surface area contributed by atoms with E-state index in [4.69, 9.17) is 4.74 Å². The fourth-order valence-corrected chi connectivity index (χ4v) is 5.37. The summed E-state index contributed by atoms with van der Waals surface area (Å²) < 4.78 is 33.2. The van der Waals surface area contributed by atoms with E-state index in [0.717, 1.165) is 42.6 Å². The normalized spacial score (nSPS) is 17.0. The van der Waals surface area contributed by atoms with Crippen molar-refractivity contribution >= 4 is 10.0 Å². The third-order valence-corrected chi connectivity index (χ3v) is 6.74. The molecule has 0 atom stereocenters. The molecular weight excluding hydrogens is 298 g/mol. The molecule has 2 rings (SSSR count). The fourth-order valence-electron chi connectivity index (χ4n) is 3.38. The molecule has 0 spiro atoms. The third-order valence-electron chi connectivity index (χ3n) is 4.57. The Kier molecular flexibility index (Phi) is 5.50. The van der Waals surface area contributed by atoms with Gasteiger partial charge in [0.25, 0.3) is 0 Å². The van der Waals surface area contributed by atoms with Gasteiger partial charge in [-0.1, -0.05) is 26.2 Å². The number of rotatable bonds is 5. The van der Waals surface area contributed by atoms with Gasteiger partial charge in [0.05, 0.1) is 12.0 Å². The molecule has 1 aromatic carbocycles. The summed E-state index contributed by atoms with van der Waals surface area (Å²) in [5.41, 5.74) is 1.60. The number of benzene rings is 1. The number of hydrogen-bond acceptors (Lipinski definition) is 3. The molecule has 22 heavy (non-hydrogen) atoms. The van der Waals surface area contributed by atoms with Crippen LogP contribution in [0.25, 0.3) is 0 Å². The van der Waals surface area contributed by atoms with Crippen LogP contribution in [0.4, 0.5) is 0 Å². The summed E-state index contributed by atoms with van der Waals surface area (Å²) in [6, 6.07) is 3.71. The summed E-state index contributed by atoms with van der Waals surface area (Å²) >= 11 is 0. The van der Waals surface area contributed by atoms with Crippen molar-refractivity contribution in [3.63, 3.8) is 0 Å². The molecule has 1 saturated carbocycles. The maximum atomic E-state index is 13.1. The van der Waals surface area contributed by atoms with E-state index in [1.54, 1.807) is 17.5 Å². The van der Waals surface area contributed by atoms with E-state index >= 15 is 0 Å². The summed E-state index contributed by atoms with van der Waals surface area (Å²) in [5, 5.41) is 0. The number of aryl methyl sites for hydroxylation is 2. The smallest absolute Gasteiger partial charge is 0.243 e. The summed E-state index contributed by atoms with van der Waals surface area (Å²) in [6.07, 6.45) is 5.41. The molecule has 1 aliphatic carbocycles. The van der Waals surface area contributed by atoms with Gasteiger partial charge in [-0.3, -0.25) is 0 Å². The number of ether oxygens (including phenoxy) is 1. The van der Waals surface area contributed by atoms with E-state index in [9.17, 15) is 8.42 Å². The minimum Gasteiger partial charge on any atom is -0.496 e. The molecule has 0 N–H and O–H groups in total. The van der Waals surface area contributed by atoms with Crippen molar-refractivity contribution in [3.8, 4) is 5.75 Å². The number of hydrogen-bond donors (Lipinski definition) is 0. The van der Waals surface area contributed by atoms with E-state index < -0.39 is 10.0 Å². The first-order valence-corrected chi connectivity index (χ1v) is 9.53. The van der Waals surface area contributed by atoms with Crippen molar-refractivity contribution in [2.24, 2.45) is 0 Å². The lowest BCUT2D eigenvalue weighted by Crippen LogP contribution is -2.41. The van der Waals surface area contributed by atoms with Crippen LogP contribution in [0.1, 0.15) is 50.2 Å². The highest BCUT2D eigenvalue weighted by Gasteiger charge is 2.32. The van der Waals surface area contributed by atoms with Crippen molar-refractivity contribution in [2.45, 2.75) is 63.8 Å². The molecule has 1 fully saturated rings. The molecule has 1 aliphatic rings. The van der Waals surface area contributed by atoms with E-state index in [2.05, 4.69) is 0 Å². The van der Waals surface area contributed by atoms with Gasteiger partial charge in [0.1, 0.15) is 5.75 Å². The lowest BCUT2D eigenvalue weighted by Gasteiger charge is -2.33. The minimum absolute atomic E-state index is 0.144. The van der Waals surface area contributed by atoms with Gasteiger partial charge in [0.2, 0.25) is 10.0 Å². The molecule has 0 aromatic heterocycles. The fraction of sp³-hybridized carbons (Fsp3) is 0.647. The molecule has 124 valence electrons. The Hall–Kier alpha value is -1.07. The average molecular weight is 325 g/mol. The Morgan fingerprint density at radius 3 is 2.32 bits per heavy atom. The van der Waals surface area contributed by atoms with Crippen LogP contribution < -0.4 is 4.74 Å². The molecule has 0 unspecified atom stereocenters. The monoisotopic (exact) mass is 325 g/mol. The van der Waals surface area contributed by atoms with Gasteiger partial charge < -0.3 is 4.74 Å². The molecule has 0 amide bonds. The van der Waals surface area contributed by atoms with Crippen molar-refractivity contribution in [1.82, 2.24) is 4.31 Å². The first-order chi connectivity index (χ1) is 10.4. The lowest BCUT2D eigenvalue weighted by molar-refractivity contribution is 0.261. The highest BCUT2D eigenvalue weighted by atomic mass is 32.2. The maximum absolute atomic E-state index is 13.1. The van der Waals surface area contributed by atoms with Crippen LogP contribution in [0, 0.1) is 13.8 Å². The van der Waals surface area contributed by atoms with Crippen LogP contribution in [0.5, 0.6) is 5.75 Å². The van der Waals surface area contributed by atoms with Crippen LogP contribution >= 0.6 is 0 Å². The third kappa shape index (κ3) is 3.30. The van der Waals surface area contributed by atoms with E-state index in [1.165, 1.54) is 6.42 Å². The second-order valence-corrected chi connectivity index (χ2v) is 7.95. The molecule has 0 bridgehead atoms. The van der Waals surface area contributed by atoms with Crippen molar-refractivity contribution in [3.05, 3.63) is 23.3 Å². The zero-order valence-electron chi connectivity index (χ0n) is 14.1. The molecule has 0 saturated heterocycles. The Morgan fingerprint density at radius 2 is 1.77 bits per heavy atom. The van der Waals surface area contributed by atoms with E-state index in [0.29, 0.717) is 11.4 Å². The minimum atomic E-state index is -3.45. The molecular formula is C17H27NO3S. The number of methoxy groups -OCH3 is 1. The molecule has 0 radical (unpaired) electrons. The summed E-state index contributed by atoms with van der Waals surface area (Å²) in [7, 11) is -1.84. The second-order valence-electron chi connectivity index (χ2n) is 6.09. The highest BCUT2D eigenvalue weighted by Crippen LogP contribution is 2.31. The predicted molar refractivity (Wildman–Crippen MR) is 88.9 cm³/mol. The number of nitrogens with zero attached hydrogens (tertiary/aromatic N) is 1. The second kappa shape index (κ2) is 7.01. The molecule has 1 aromatic rings. The van der Waals surface area contributed by atoms with Crippen LogP contribution in [-0.4, -0.2) is 32.4 Å². The zero-order valence-corrected chi connectivity index (χ0v) is 14.9. The van der Waals surface area contributed by atoms with Crippen molar-refractivity contribution in [1.29, 1.82) is 0 Å². The Bertz CT molecular complexity index is 619.